The Hall–Kier alpha value is -1.42. The van der Waals surface area contributed by atoms with Gasteiger partial charge in [0.25, 0.3) is 0 Å². The van der Waals surface area contributed by atoms with Crippen molar-refractivity contribution >= 4 is 5.91 Å². The van der Waals surface area contributed by atoms with Crippen LogP contribution >= 0.6 is 0 Å². The fourth-order valence-electron chi connectivity index (χ4n) is 2.88. The summed E-state index contributed by atoms with van der Waals surface area (Å²) in [4.78, 5) is 18.2. The maximum absolute atomic E-state index is 12.3. The molecular weight excluding hydrogens is 252 g/mol. The third-order valence-electron chi connectivity index (χ3n) is 3.87. The van der Waals surface area contributed by atoms with Crippen molar-refractivity contribution in [2.75, 3.05) is 13.1 Å². The number of aliphatic hydroxyl groups is 1. The van der Waals surface area contributed by atoms with Gasteiger partial charge in [0.05, 0.1) is 6.10 Å². The van der Waals surface area contributed by atoms with Crippen LogP contribution in [0.2, 0.25) is 0 Å². The molecule has 1 unspecified atom stereocenters. The summed E-state index contributed by atoms with van der Waals surface area (Å²) in [7, 11) is 0. The van der Waals surface area contributed by atoms with E-state index in [9.17, 15) is 9.90 Å². The largest absolute Gasteiger partial charge is 0.393 e. The number of hydrogen-bond acceptors (Lipinski definition) is 3. The molecule has 4 heteroatoms. The second kappa shape index (κ2) is 6.35. The van der Waals surface area contributed by atoms with Gasteiger partial charge in [0.1, 0.15) is 0 Å². The monoisotopic (exact) mass is 276 g/mol. The van der Waals surface area contributed by atoms with Gasteiger partial charge in [-0.2, -0.15) is 0 Å². The fraction of sp³-hybridized carbons (Fsp3) is 0.625. The molecule has 1 aliphatic rings. The molecule has 1 aromatic heterocycles. The van der Waals surface area contributed by atoms with Gasteiger partial charge in [-0.3, -0.25) is 9.78 Å². The first-order chi connectivity index (χ1) is 9.46. The minimum Gasteiger partial charge on any atom is -0.393 e. The summed E-state index contributed by atoms with van der Waals surface area (Å²) in [5.41, 5.74) is 1.13. The summed E-state index contributed by atoms with van der Waals surface area (Å²) in [5, 5.41) is 9.89. The Morgan fingerprint density at radius 3 is 2.85 bits per heavy atom. The van der Waals surface area contributed by atoms with Crippen molar-refractivity contribution in [1.82, 2.24) is 9.88 Å². The van der Waals surface area contributed by atoms with E-state index in [0.29, 0.717) is 19.4 Å². The van der Waals surface area contributed by atoms with Gasteiger partial charge in [0, 0.05) is 31.9 Å². The van der Waals surface area contributed by atoms with Crippen LogP contribution in [0.1, 0.15) is 38.7 Å². The molecule has 1 aromatic rings. The van der Waals surface area contributed by atoms with Gasteiger partial charge in [-0.15, -0.1) is 0 Å². The van der Waals surface area contributed by atoms with E-state index in [1.165, 1.54) is 0 Å². The van der Waals surface area contributed by atoms with Crippen molar-refractivity contribution in [3.63, 3.8) is 0 Å². The molecule has 0 bridgehead atoms. The van der Waals surface area contributed by atoms with E-state index in [1.807, 2.05) is 17.0 Å². The third-order valence-corrected chi connectivity index (χ3v) is 3.87. The van der Waals surface area contributed by atoms with Crippen LogP contribution in [0, 0.1) is 5.41 Å². The molecule has 1 aliphatic heterocycles. The van der Waals surface area contributed by atoms with Crippen LogP contribution in [0.3, 0.4) is 0 Å². The van der Waals surface area contributed by atoms with Crippen LogP contribution in [0.4, 0.5) is 0 Å². The molecule has 1 saturated heterocycles. The molecule has 1 fully saturated rings. The van der Waals surface area contributed by atoms with Gasteiger partial charge in [0.15, 0.2) is 0 Å². The van der Waals surface area contributed by atoms with Crippen LogP contribution in [-0.4, -0.2) is 40.1 Å². The van der Waals surface area contributed by atoms with Gasteiger partial charge in [-0.25, -0.2) is 0 Å². The molecule has 0 aromatic carbocycles. The Bertz CT molecular complexity index is 445. The highest BCUT2D eigenvalue weighted by Gasteiger charge is 2.30. The first kappa shape index (κ1) is 15.0. The summed E-state index contributed by atoms with van der Waals surface area (Å²) in [5.74, 6) is 0.184. The number of aliphatic hydroxyl groups excluding tert-OH is 1. The van der Waals surface area contributed by atoms with Gasteiger partial charge >= 0.3 is 0 Å². The normalized spacial score (nSPS) is 22.4. The van der Waals surface area contributed by atoms with E-state index in [1.54, 1.807) is 12.4 Å². The number of rotatable bonds is 3. The van der Waals surface area contributed by atoms with Gasteiger partial charge in [0.2, 0.25) is 5.91 Å². The minimum absolute atomic E-state index is 0.0117. The Morgan fingerprint density at radius 1 is 1.45 bits per heavy atom. The SMILES string of the molecule is CC1(C)CC(O)CCN(C(=O)CCc2ccncc2)C1. The van der Waals surface area contributed by atoms with Crippen LogP contribution < -0.4 is 0 Å². The minimum atomic E-state index is -0.289. The molecular formula is C16H24N2O2. The molecule has 110 valence electrons. The highest BCUT2D eigenvalue weighted by Crippen LogP contribution is 2.28. The summed E-state index contributed by atoms with van der Waals surface area (Å²) in [6.07, 6.45) is 5.95. The predicted octanol–water partition coefficient (Wildman–Crippen LogP) is 2.02. The van der Waals surface area contributed by atoms with E-state index in [-0.39, 0.29) is 17.4 Å². The zero-order valence-corrected chi connectivity index (χ0v) is 12.4. The van der Waals surface area contributed by atoms with E-state index < -0.39 is 0 Å². The first-order valence-electron chi connectivity index (χ1n) is 7.31. The fourth-order valence-corrected chi connectivity index (χ4v) is 2.88. The Balaban J connectivity index is 1.91. The quantitative estimate of drug-likeness (QED) is 0.919. The van der Waals surface area contributed by atoms with E-state index in [0.717, 1.165) is 24.9 Å². The topological polar surface area (TPSA) is 53.4 Å². The lowest BCUT2D eigenvalue weighted by molar-refractivity contribution is -0.132. The molecule has 0 aliphatic carbocycles. The number of aryl methyl sites for hydroxylation is 1. The number of amides is 1. The number of aromatic nitrogens is 1. The second-order valence-electron chi connectivity index (χ2n) is 6.48. The number of hydrogen-bond donors (Lipinski definition) is 1. The van der Waals surface area contributed by atoms with E-state index >= 15 is 0 Å². The standard InChI is InChI=1S/C16H24N2O2/c1-16(2)11-14(19)7-10-18(12-16)15(20)4-3-13-5-8-17-9-6-13/h5-6,8-9,14,19H,3-4,7,10-12H2,1-2H3. The average Bonchev–Trinajstić information content (AvgIpc) is 2.54. The van der Waals surface area contributed by atoms with Crippen LogP contribution in [0.5, 0.6) is 0 Å². The van der Waals surface area contributed by atoms with Crippen LogP contribution in [0.25, 0.3) is 0 Å². The van der Waals surface area contributed by atoms with Crippen molar-refractivity contribution in [3.8, 4) is 0 Å². The average molecular weight is 276 g/mol. The van der Waals surface area contributed by atoms with E-state index in [4.69, 9.17) is 0 Å². The lowest BCUT2D eigenvalue weighted by Gasteiger charge is -2.29. The lowest BCUT2D eigenvalue weighted by atomic mass is 9.87. The lowest BCUT2D eigenvalue weighted by Crippen LogP contribution is -2.37. The van der Waals surface area contributed by atoms with Gasteiger partial charge in [-0.1, -0.05) is 13.8 Å². The predicted molar refractivity (Wildman–Crippen MR) is 78.2 cm³/mol. The first-order valence-corrected chi connectivity index (χ1v) is 7.31. The van der Waals surface area contributed by atoms with Crippen molar-refractivity contribution in [3.05, 3.63) is 30.1 Å². The van der Waals surface area contributed by atoms with Gasteiger partial charge < -0.3 is 10.0 Å². The van der Waals surface area contributed by atoms with Crippen molar-refractivity contribution < 1.29 is 9.90 Å². The Kier molecular flexibility index (Phi) is 4.76. The molecule has 1 N–H and O–H groups in total. The summed E-state index contributed by atoms with van der Waals surface area (Å²) >= 11 is 0. The number of nitrogens with zero attached hydrogens (tertiary/aromatic N) is 2. The molecule has 1 atom stereocenters. The van der Waals surface area contributed by atoms with Gasteiger partial charge in [-0.05, 0) is 42.4 Å². The van der Waals surface area contributed by atoms with Crippen LogP contribution in [0.15, 0.2) is 24.5 Å². The van der Waals surface area contributed by atoms with Crippen molar-refractivity contribution in [1.29, 1.82) is 0 Å². The second-order valence-corrected chi connectivity index (χ2v) is 6.48. The molecule has 2 rings (SSSR count). The Labute approximate surface area is 120 Å². The number of carbonyl (C=O) groups excluding carboxylic acids is 1. The molecule has 0 radical (unpaired) electrons. The Morgan fingerprint density at radius 2 is 2.15 bits per heavy atom. The number of carbonyl (C=O) groups is 1. The maximum atomic E-state index is 12.3. The molecule has 4 nitrogen and oxygen atoms in total. The van der Waals surface area contributed by atoms with E-state index in [2.05, 4.69) is 18.8 Å². The molecule has 0 spiro atoms. The summed E-state index contributed by atoms with van der Waals surface area (Å²) in [6, 6.07) is 3.90. The molecule has 20 heavy (non-hydrogen) atoms. The number of pyridine rings is 1. The summed E-state index contributed by atoms with van der Waals surface area (Å²) in [6.45, 7) is 5.63. The van der Waals surface area contributed by atoms with Crippen molar-refractivity contribution in [2.45, 2.75) is 45.6 Å². The zero-order chi connectivity index (χ0) is 14.6. The molecule has 1 amide bonds. The molecule has 0 saturated carbocycles. The highest BCUT2D eigenvalue weighted by molar-refractivity contribution is 5.76. The maximum Gasteiger partial charge on any atom is 0.222 e. The number of likely N-dealkylation sites (tertiary alicyclic amines) is 1. The molecule has 2 heterocycles. The third kappa shape index (κ3) is 4.30. The van der Waals surface area contributed by atoms with Crippen LogP contribution in [-0.2, 0) is 11.2 Å². The zero-order valence-electron chi connectivity index (χ0n) is 12.4. The smallest absolute Gasteiger partial charge is 0.222 e. The highest BCUT2D eigenvalue weighted by atomic mass is 16.3. The van der Waals surface area contributed by atoms with Crippen molar-refractivity contribution in [2.24, 2.45) is 5.41 Å². The summed E-state index contributed by atoms with van der Waals surface area (Å²) < 4.78 is 0.